The van der Waals surface area contributed by atoms with Crippen LogP contribution in [0.1, 0.15) is 57.4 Å². The number of aromatic nitrogens is 2. The maximum atomic E-state index is 6.63. The lowest BCUT2D eigenvalue weighted by Crippen LogP contribution is -2.41. The number of hydrogen-bond donors (Lipinski definition) is 0. The summed E-state index contributed by atoms with van der Waals surface area (Å²) in [6.07, 6.45) is 4.72. The van der Waals surface area contributed by atoms with Gasteiger partial charge in [-0.05, 0) is 53.6 Å². The first-order valence-corrected chi connectivity index (χ1v) is 11.6. The van der Waals surface area contributed by atoms with Crippen molar-refractivity contribution in [3.05, 3.63) is 71.5 Å². The number of nitrogens with zero attached hydrogens (tertiary/aromatic N) is 2. The Morgan fingerprint density at radius 3 is 2.31 bits per heavy atom. The summed E-state index contributed by atoms with van der Waals surface area (Å²) in [5.74, 6) is 0. The van der Waals surface area contributed by atoms with E-state index >= 15 is 0 Å². The zero-order valence-corrected chi connectivity index (χ0v) is 19.9. The molecule has 2 heterocycles. The van der Waals surface area contributed by atoms with Crippen molar-refractivity contribution in [2.45, 2.75) is 58.3 Å². The molecule has 0 fully saturated rings. The third-order valence-electron chi connectivity index (χ3n) is 7.74. The van der Waals surface area contributed by atoms with Crippen LogP contribution in [0.4, 0.5) is 0 Å². The standard InChI is InChI=1S/C29H31N2O/c1-18-11-12-21-22-15-19-9-7-8-10-20(19)16-24(22)32-26(21)25(18)31-27-23(17-30(31)6)28(2,3)13-14-29(27,4)5/h7-12,15-17H,13-14H2,1-6H3/q+1. The van der Waals surface area contributed by atoms with Crippen LogP contribution in [0, 0.1) is 6.92 Å². The minimum absolute atomic E-state index is 0.0986. The predicted octanol–water partition coefficient (Wildman–Crippen LogP) is 7.01. The van der Waals surface area contributed by atoms with Crippen molar-refractivity contribution in [1.82, 2.24) is 4.68 Å². The molecule has 32 heavy (non-hydrogen) atoms. The zero-order valence-electron chi connectivity index (χ0n) is 19.9. The lowest BCUT2D eigenvalue weighted by Gasteiger charge is -2.38. The van der Waals surface area contributed by atoms with Crippen LogP contribution in [-0.4, -0.2) is 4.68 Å². The molecule has 3 heteroatoms. The molecule has 0 bridgehead atoms. The molecular formula is C29H31N2O+. The van der Waals surface area contributed by atoms with E-state index in [0.29, 0.717) is 0 Å². The Kier molecular flexibility index (Phi) is 3.83. The average molecular weight is 424 g/mol. The van der Waals surface area contributed by atoms with E-state index in [9.17, 15) is 0 Å². The molecule has 0 atom stereocenters. The molecular weight excluding hydrogens is 392 g/mol. The lowest BCUT2D eigenvalue weighted by molar-refractivity contribution is -0.745. The second-order valence-electron chi connectivity index (χ2n) is 10.9. The molecule has 3 aromatic carbocycles. The van der Waals surface area contributed by atoms with Gasteiger partial charge in [0, 0.05) is 21.8 Å². The van der Waals surface area contributed by atoms with Gasteiger partial charge in [-0.15, -0.1) is 9.36 Å². The summed E-state index contributed by atoms with van der Waals surface area (Å²) in [6.45, 7) is 11.7. The van der Waals surface area contributed by atoms with E-state index in [1.54, 1.807) is 0 Å². The van der Waals surface area contributed by atoms with Gasteiger partial charge in [0.05, 0.1) is 5.69 Å². The highest BCUT2D eigenvalue weighted by molar-refractivity contribution is 6.12. The Balaban J connectivity index is 1.74. The van der Waals surface area contributed by atoms with E-state index in [4.69, 9.17) is 4.42 Å². The Bertz CT molecular complexity index is 1540. The highest BCUT2D eigenvalue weighted by Gasteiger charge is 2.44. The second kappa shape index (κ2) is 6.25. The van der Waals surface area contributed by atoms with Crippen LogP contribution in [0.25, 0.3) is 38.4 Å². The SMILES string of the molecule is Cc1ccc2c(oc3cc4ccccc4cc32)c1-n1c2c(c[n+]1C)C(C)(C)CCC2(C)C. The Morgan fingerprint density at radius 2 is 1.56 bits per heavy atom. The number of rotatable bonds is 1. The topological polar surface area (TPSA) is 21.9 Å². The maximum absolute atomic E-state index is 6.63. The van der Waals surface area contributed by atoms with Gasteiger partial charge in [-0.2, -0.15) is 0 Å². The molecule has 0 radical (unpaired) electrons. The predicted molar refractivity (Wildman–Crippen MR) is 132 cm³/mol. The monoisotopic (exact) mass is 423 g/mol. The smallest absolute Gasteiger partial charge is 0.199 e. The Hall–Kier alpha value is -3.07. The summed E-state index contributed by atoms with van der Waals surface area (Å²) in [7, 11) is 2.17. The fraction of sp³-hybridized carbons (Fsp3) is 0.345. The van der Waals surface area contributed by atoms with Gasteiger partial charge in [-0.1, -0.05) is 64.1 Å². The first-order chi connectivity index (χ1) is 15.2. The van der Waals surface area contributed by atoms with E-state index in [0.717, 1.165) is 16.9 Å². The van der Waals surface area contributed by atoms with Crippen molar-refractivity contribution in [2.24, 2.45) is 7.05 Å². The number of fused-ring (bicyclic) bond motifs is 5. The van der Waals surface area contributed by atoms with Crippen LogP contribution in [0.2, 0.25) is 0 Å². The van der Waals surface area contributed by atoms with Crippen LogP contribution in [0.5, 0.6) is 0 Å². The van der Waals surface area contributed by atoms with Gasteiger partial charge in [0.25, 0.3) is 0 Å². The van der Waals surface area contributed by atoms with Crippen molar-refractivity contribution in [3.8, 4) is 5.69 Å². The molecule has 3 nitrogen and oxygen atoms in total. The lowest BCUT2D eigenvalue weighted by atomic mass is 9.66. The largest absolute Gasteiger partial charge is 0.454 e. The zero-order chi connectivity index (χ0) is 22.4. The molecule has 6 rings (SSSR count). The van der Waals surface area contributed by atoms with Crippen LogP contribution in [0.15, 0.2) is 59.1 Å². The molecule has 0 saturated carbocycles. The molecule has 0 amide bonds. The van der Waals surface area contributed by atoms with Crippen LogP contribution in [-0.2, 0) is 17.9 Å². The quantitative estimate of drug-likeness (QED) is 0.266. The van der Waals surface area contributed by atoms with E-state index in [2.05, 4.69) is 106 Å². The summed E-state index contributed by atoms with van der Waals surface area (Å²) in [6, 6.07) is 17.4. The van der Waals surface area contributed by atoms with Gasteiger partial charge in [-0.25, -0.2) is 0 Å². The van der Waals surface area contributed by atoms with Crippen LogP contribution in [0.3, 0.4) is 0 Å². The normalized spacial score (nSPS) is 17.3. The Morgan fingerprint density at radius 1 is 0.875 bits per heavy atom. The molecule has 0 spiro atoms. The Labute approximate surface area is 189 Å². The summed E-state index contributed by atoms with van der Waals surface area (Å²) < 4.78 is 11.3. The summed E-state index contributed by atoms with van der Waals surface area (Å²) >= 11 is 0. The summed E-state index contributed by atoms with van der Waals surface area (Å²) in [5, 5.41) is 4.82. The first kappa shape index (κ1) is 19.6. The molecule has 162 valence electrons. The van der Waals surface area contributed by atoms with Gasteiger partial charge in [0.2, 0.25) is 0 Å². The number of benzene rings is 3. The van der Waals surface area contributed by atoms with E-state index in [1.807, 2.05) is 0 Å². The first-order valence-electron chi connectivity index (χ1n) is 11.6. The van der Waals surface area contributed by atoms with Gasteiger partial charge in [0.15, 0.2) is 24.5 Å². The van der Waals surface area contributed by atoms with Gasteiger partial charge < -0.3 is 4.42 Å². The number of hydrogen-bond acceptors (Lipinski definition) is 1. The molecule has 2 aromatic heterocycles. The average Bonchev–Trinajstić information content (AvgIpc) is 3.28. The fourth-order valence-electron chi connectivity index (χ4n) is 5.74. The molecule has 5 aromatic rings. The summed E-state index contributed by atoms with van der Waals surface area (Å²) in [5.41, 5.74) is 7.46. The van der Waals surface area contributed by atoms with Crippen molar-refractivity contribution in [3.63, 3.8) is 0 Å². The number of furan rings is 1. The van der Waals surface area contributed by atoms with E-state index in [1.165, 1.54) is 51.2 Å². The van der Waals surface area contributed by atoms with E-state index < -0.39 is 0 Å². The minimum atomic E-state index is 0.0986. The van der Waals surface area contributed by atoms with Gasteiger partial charge >= 0.3 is 0 Å². The number of aryl methyl sites for hydroxylation is 2. The van der Waals surface area contributed by atoms with Gasteiger partial charge in [-0.3, -0.25) is 0 Å². The second-order valence-corrected chi connectivity index (χ2v) is 10.9. The minimum Gasteiger partial charge on any atom is -0.454 e. The van der Waals surface area contributed by atoms with Crippen molar-refractivity contribution in [2.75, 3.05) is 0 Å². The molecule has 1 aliphatic carbocycles. The third kappa shape index (κ3) is 2.57. The van der Waals surface area contributed by atoms with Crippen molar-refractivity contribution in [1.29, 1.82) is 0 Å². The molecule has 0 N–H and O–H groups in total. The molecule has 0 aliphatic heterocycles. The van der Waals surface area contributed by atoms with Gasteiger partial charge in [0.1, 0.15) is 5.58 Å². The van der Waals surface area contributed by atoms with Crippen molar-refractivity contribution >= 4 is 32.7 Å². The van der Waals surface area contributed by atoms with Crippen LogP contribution < -0.4 is 4.68 Å². The molecule has 0 saturated heterocycles. The fourth-order valence-corrected chi connectivity index (χ4v) is 5.74. The maximum Gasteiger partial charge on any atom is 0.199 e. The van der Waals surface area contributed by atoms with E-state index in [-0.39, 0.29) is 10.8 Å². The van der Waals surface area contributed by atoms with Crippen molar-refractivity contribution < 1.29 is 9.10 Å². The molecule has 0 unspecified atom stereocenters. The van der Waals surface area contributed by atoms with Crippen LogP contribution >= 0.6 is 0 Å². The summed E-state index contributed by atoms with van der Waals surface area (Å²) in [4.78, 5) is 0. The molecule has 1 aliphatic rings. The third-order valence-corrected chi connectivity index (χ3v) is 7.74. The highest BCUT2D eigenvalue weighted by atomic mass is 16.3. The highest BCUT2D eigenvalue weighted by Crippen LogP contribution is 2.47.